The van der Waals surface area contributed by atoms with Gasteiger partial charge in [-0.05, 0) is 12.0 Å². The molecule has 1 heterocycles. The second kappa shape index (κ2) is 6.67. The average Bonchev–Trinajstić information content (AvgIpc) is 3.12. The number of methoxy groups -OCH3 is 2. The quantitative estimate of drug-likeness (QED) is 0.700. The van der Waals surface area contributed by atoms with Crippen molar-refractivity contribution in [2.75, 3.05) is 20.8 Å². The molecule has 0 bridgehead atoms. The topological polar surface area (TPSA) is 65.1 Å². The van der Waals surface area contributed by atoms with E-state index in [1.807, 2.05) is 6.08 Å². The molecule has 0 unspecified atom stereocenters. The number of carbonyl (C=O) groups excluding carboxylic acids is 2. The average molecular weight is 281 g/mol. The molecule has 0 radical (unpaired) electrons. The van der Waals surface area contributed by atoms with Crippen LogP contribution in [0.15, 0.2) is 23.8 Å². The molecule has 6 heteroatoms. The van der Waals surface area contributed by atoms with Crippen LogP contribution in [0.3, 0.4) is 0 Å². The van der Waals surface area contributed by atoms with Gasteiger partial charge < -0.3 is 9.47 Å². The number of nitrogens with zero attached hydrogens (tertiary/aromatic N) is 1. The summed E-state index contributed by atoms with van der Waals surface area (Å²) in [5.41, 5.74) is 1.11. The number of ether oxygens (including phenoxy) is 2. The standard InChI is InChI=1S/C14H19NO5/c1-18-13(16)7-8-15-11(10-5-3-4-6-10)9-12(20-15)14(17)19-2/h3,5-6,11-12H,4,7-9H2,1-2H3/t11-,12-/m0/s1. The second-order valence-corrected chi connectivity index (χ2v) is 4.68. The normalized spacial score (nSPS) is 25.6. The zero-order chi connectivity index (χ0) is 14.5. The summed E-state index contributed by atoms with van der Waals surface area (Å²) in [6, 6.07) is -0.0255. The zero-order valence-corrected chi connectivity index (χ0v) is 11.7. The predicted molar refractivity (Wildman–Crippen MR) is 70.5 cm³/mol. The van der Waals surface area contributed by atoms with Crippen LogP contribution in [0.4, 0.5) is 0 Å². The predicted octanol–water partition coefficient (Wildman–Crippen LogP) is 0.983. The lowest BCUT2D eigenvalue weighted by atomic mass is 10.0. The van der Waals surface area contributed by atoms with Gasteiger partial charge in [0.05, 0.1) is 26.7 Å². The van der Waals surface area contributed by atoms with Gasteiger partial charge in [-0.2, -0.15) is 5.06 Å². The Balaban J connectivity index is 2.03. The molecule has 0 aromatic heterocycles. The minimum atomic E-state index is -0.613. The Labute approximate surface area is 117 Å². The van der Waals surface area contributed by atoms with Gasteiger partial charge in [-0.1, -0.05) is 18.2 Å². The van der Waals surface area contributed by atoms with Crippen LogP contribution in [0.1, 0.15) is 19.3 Å². The molecule has 2 rings (SSSR count). The Morgan fingerprint density at radius 2 is 2.20 bits per heavy atom. The largest absolute Gasteiger partial charge is 0.469 e. The first-order valence-electron chi connectivity index (χ1n) is 6.60. The van der Waals surface area contributed by atoms with E-state index in [9.17, 15) is 9.59 Å². The smallest absolute Gasteiger partial charge is 0.337 e. The third kappa shape index (κ3) is 3.26. The highest BCUT2D eigenvalue weighted by atomic mass is 16.7. The van der Waals surface area contributed by atoms with Gasteiger partial charge >= 0.3 is 11.9 Å². The van der Waals surface area contributed by atoms with Gasteiger partial charge in [-0.15, -0.1) is 0 Å². The van der Waals surface area contributed by atoms with Crippen molar-refractivity contribution >= 4 is 11.9 Å². The summed E-state index contributed by atoms with van der Waals surface area (Å²) in [6.45, 7) is 0.385. The molecule has 1 aliphatic heterocycles. The Hall–Kier alpha value is -1.66. The lowest BCUT2D eigenvalue weighted by molar-refractivity contribution is -0.186. The third-order valence-electron chi connectivity index (χ3n) is 3.46. The van der Waals surface area contributed by atoms with Gasteiger partial charge in [0, 0.05) is 13.0 Å². The van der Waals surface area contributed by atoms with Gasteiger partial charge in [0.15, 0.2) is 6.10 Å². The lowest BCUT2D eigenvalue weighted by Crippen LogP contribution is -2.32. The summed E-state index contributed by atoms with van der Waals surface area (Å²) in [4.78, 5) is 28.5. The summed E-state index contributed by atoms with van der Waals surface area (Å²) in [6.07, 6.45) is 7.20. The van der Waals surface area contributed by atoms with Crippen LogP contribution in [-0.2, 0) is 23.9 Å². The number of carbonyl (C=O) groups is 2. The Morgan fingerprint density at radius 3 is 2.80 bits per heavy atom. The van der Waals surface area contributed by atoms with Crippen molar-refractivity contribution in [3.63, 3.8) is 0 Å². The van der Waals surface area contributed by atoms with Crippen molar-refractivity contribution < 1.29 is 23.9 Å². The number of hydrogen-bond acceptors (Lipinski definition) is 6. The van der Waals surface area contributed by atoms with Crippen molar-refractivity contribution in [2.45, 2.75) is 31.4 Å². The summed E-state index contributed by atoms with van der Waals surface area (Å²) < 4.78 is 9.35. The van der Waals surface area contributed by atoms with Crippen molar-refractivity contribution in [3.05, 3.63) is 23.8 Å². The summed E-state index contributed by atoms with van der Waals surface area (Å²) >= 11 is 0. The van der Waals surface area contributed by atoms with E-state index in [0.29, 0.717) is 13.0 Å². The summed E-state index contributed by atoms with van der Waals surface area (Å²) in [5.74, 6) is -0.692. The van der Waals surface area contributed by atoms with Gasteiger partial charge in [-0.3, -0.25) is 9.63 Å². The summed E-state index contributed by atoms with van der Waals surface area (Å²) in [7, 11) is 2.69. The highest BCUT2D eigenvalue weighted by Crippen LogP contribution is 2.30. The molecule has 0 saturated carbocycles. The van der Waals surface area contributed by atoms with Gasteiger partial charge in [-0.25, -0.2) is 4.79 Å². The van der Waals surface area contributed by atoms with Crippen molar-refractivity contribution in [3.8, 4) is 0 Å². The van der Waals surface area contributed by atoms with Crippen LogP contribution < -0.4 is 0 Å². The van der Waals surface area contributed by atoms with E-state index in [1.165, 1.54) is 14.2 Å². The molecular formula is C14H19NO5. The van der Waals surface area contributed by atoms with Crippen molar-refractivity contribution in [1.82, 2.24) is 5.06 Å². The first-order chi connectivity index (χ1) is 9.65. The molecule has 0 aromatic carbocycles. The number of rotatable bonds is 5. The van der Waals surface area contributed by atoms with Gasteiger partial charge in [0.25, 0.3) is 0 Å². The number of allylic oxidation sites excluding steroid dienone is 2. The monoisotopic (exact) mass is 281 g/mol. The van der Waals surface area contributed by atoms with E-state index < -0.39 is 12.1 Å². The van der Waals surface area contributed by atoms with Gasteiger partial charge in [0.1, 0.15) is 0 Å². The fraction of sp³-hybridized carbons (Fsp3) is 0.571. The molecule has 6 nitrogen and oxygen atoms in total. The molecule has 110 valence electrons. The third-order valence-corrected chi connectivity index (χ3v) is 3.46. The van der Waals surface area contributed by atoms with Crippen LogP contribution in [0.5, 0.6) is 0 Å². The van der Waals surface area contributed by atoms with Crippen molar-refractivity contribution in [2.24, 2.45) is 0 Å². The van der Waals surface area contributed by atoms with Gasteiger partial charge in [0.2, 0.25) is 0 Å². The number of hydroxylamine groups is 2. The summed E-state index contributed by atoms with van der Waals surface area (Å²) in [5, 5.41) is 1.68. The van der Waals surface area contributed by atoms with Crippen LogP contribution in [0.25, 0.3) is 0 Å². The Morgan fingerprint density at radius 1 is 1.40 bits per heavy atom. The lowest BCUT2D eigenvalue weighted by Gasteiger charge is -2.22. The molecule has 0 N–H and O–H groups in total. The SMILES string of the molecule is COC(=O)CCN1O[C@H](C(=O)OC)C[C@H]1C1=CCC=C1. The van der Waals surface area contributed by atoms with E-state index in [4.69, 9.17) is 9.57 Å². The molecule has 2 aliphatic rings. The fourth-order valence-corrected chi connectivity index (χ4v) is 2.41. The molecule has 2 atom stereocenters. The molecular weight excluding hydrogens is 262 g/mol. The highest BCUT2D eigenvalue weighted by molar-refractivity contribution is 5.75. The molecule has 1 fully saturated rings. The fourth-order valence-electron chi connectivity index (χ4n) is 2.41. The zero-order valence-electron chi connectivity index (χ0n) is 11.7. The van der Waals surface area contributed by atoms with Crippen LogP contribution >= 0.6 is 0 Å². The van der Waals surface area contributed by atoms with E-state index in [1.54, 1.807) is 5.06 Å². The number of hydrogen-bond donors (Lipinski definition) is 0. The molecule has 0 spiro atoms. The molecule has 1 saturated heterocycles. The first-order valence-corrected chi connectivity index (χ1v) is 6.60. The Bertz CT molecular complexity index is 443. The maximum absolute atomic E-state index is 11.6. The van der Waals surface area contributed by atoms with Crippen LogP contribution in [0, 0.1) is 0 Å². The molecule has 20 heavy (non-hydrogen) atoms. The van der Waals surface area contributed by atoms with Crippen LogP contribution in [0.2, 0.25) is 0 Å². The minimum absolute atomic E-state index is 0.0255. The van der Waals surface area contributed by atoms with E-state index >= 15 is 0 Å². The molecule has 1 aliphatic carbocycles. The van der Waals surface area contributed by atoms with E-state index in [-0.39, 0.29) is 18.4 Å². The maximum atomic E-state index is 11.6. The maximum Gasteiger partial charge on any atom is 0.337 e. The number of esters is 2. The van der Waals surface area contributed by atoms with Crippen molar-refractivity contribution in [1.29, 1.82) is 0 Å². The minimum Gasteiger partial charge on any atom is -0.469 e. The molecule has 0 aromatic rings. The molecule has 0 amide bonds. The van der Waals surface area contributed by atoms with Crippen LogP contribution in [-0.4, -0.2) is 49.9 Å². The Kier molecular flexibility index (Phi) is 4.92. The second-order valence-electron chi connectivity index (χ2n) is 4.68. The first kappa shape index (κ1) is 14.7. The van der Waals surface area contributed by atoms with E-state index in [2.05, 4.69) is 16.9 Å². The highest BCUT2D eigenvalue weighted by Gasteiger charge is 2.39. The van der Waals surface area contributed by atoms with E-state index in [0.717, 1.165) is 12.0 Å².